The number of ether oxygens (including phenoxy) is 2. The number of benzene rings is 2. The van der Waals surface area contributed by atoms with E-state index < -0.39 is 0 Å². The molecule has 0 spiro atoms. The Hall–Kier alpha value is -4.40. The highest BCUT2D eigenvalue weighted by atomic mass is 16.5. The summed E-state index contributed by atoms with van der Waals surface area (Å²) < 4.78 is 18.4. The Morgan fingerprint density at radius 1 is 1.02 bits per heavy atom. The number of carbonyl (C=O) groups is 1. The van der Waals surface area contributed by atoms with E-state index in [0.717, 1.165) is 54.9 Å². The summed E-state index contributed by atoms with van der Waals surface area (Å²) in [5.74, 6) is 1.35. The summed E-state index contributed by atoms with van der Waals surface area (Å²) in [6.07, 6.45) is 11.4. The zero-order valence-corrected chi connectivity index (χ0v) is 23.2. The fraction of sp³-hybridized carbons (Fsp3) is 0.355. The number of aryl methyl sites for hydroxylation is 3. The number of hydrogen-bond acceptors (Lipinski definition) is 7. The van der Waals surface area contributed by atoms with E-state index in [1.807, 2.05) is 42.1 Å². The highest BCUT2D eigenvalue weighted by Crippen LogP contribution is 2.16. The third kappa shape index (κ3) is 9.72. The maximum Gasteiger partial charge on any atom is 0.407 e. The van der Waals surface area contributed by atoms with Gasteiger partial charge in [-0.2, -0.15) is 0 Å². The monoisotopic (exact) mass is 543 g/mol. The second-order valence-corrected chi connectivity index (χ2v) is 9.60. The maximum atomic E-state index is 11.5. The van der Waals surface area contributed by atoms with Crippen molar-refractivity contribution >= 4 is 18.2 Å². The maximum absolute atomic E-state index is 11.5. The first-order valence-corrected chi connectivity index (χ1v) is 13.8. The molecule has 210 valence electrons. The number of rotatable bonds is 15. The molecule has 9 heteroatoms. The molecule has 0 aliphatic rings. The summed E-state index contributed by atoms with van der Waals surface area (Å²) >= 11 is 0. The van der Waals surface area contributed by atoms with Gasteiger partial charge in [0.15, 0.2) is 0 Å². The zero-order chi connectivity index (χ0) is 28.0. The van der Waals surface area contributed by atoms with E-state index in [0.29, 0.717) is 32.1 Å². The number of alkyl carbamates (subject to hydrolysis) is 1. The highest BCUT2D eigenvalue weighted by Gasteiger charge is 2.06. The summed E-state index contributed by atoms with van der Waals surface area (Å²) in [7, 11) is 0. The summed E-state index contributed by atoms with van der Waals surface area (Å²) in [6, 6.07) is 16.4. The van der Waals surface area contributed by atoms with Crippen molar-refractivity contribution in [2.24, 2.45) is 0 Å². The van der Waals surface area contributed by atoms with Gasteiger partial charge >= 0.3 is 6.09 Å². The van der Waals surface area contributed by atoms with E-state index in [9.17, 15) is 4.79 Å². The van der Waals surface area contributed by atoms with Gasteiger partial charge in [0.2, 0.25) is 5.89 Å². The predicted octanol–water partition coefficient (Wildman–Crippen LogP) is 6.03. The second kappa shape index (κ2) is 15.3. The Labute approximate surface area is 235 Å². The average Bonchev–Trinajstić information content (AvgIpc) is 3.63. The van der Waals surface area contributed by atoms with Crippen molar-refractivity contribution in [3.8, 4) is 5.75 Å². The number of carbonyl (C=O) groups excluding carboxylic acids is 1. The average molecular weight is 544 g/mol. The van der Waals surface area contributed by atoms with Gasteiger partial charge in [0.25, 0.3) is 0 Å². The van der Waals surface area contributed by atoms with Crippen LogP contribution in [-0.2, 0) is 30.7 Å². The smallest absolute Gasteiger partial charge is 0.407 e. The summed E-state index contributed by atoms with van der Waals surface area (Å²) in [5, 5.41) is 11.0. The van der Waals surface area contributed by atoms with E-state index in [4.69, 9.17) is 13.9 Å². The molecule has 0 radical (unpaired) electrons. The molecule has 2 aromatic carbocycles. The molecule has 40 heavy (non-hydrogen) atoms. The van der Waals surface area contributed by atoms with Gasteiger partial charge in [-0.1, -0.05) is 54.1 Å². The van der Waals surface area contributed by atoms with Crippen LogP contribution < -0.4 is 10.1 Å². The number of unbranched alkanes of at least 4 members (excludes halogenated alkanes) is 1. The van der Waals surface area contributed by atoms with Crippen molar-refractivity contribution in [3.05, 3.63) is 95.0 Å². The minimum Gasteiger partial charge on any atom is -0.487 e. The first-order chi connectivity index (χ1) is 19.6. The third-order valence-electron chi connectivity index (χ3n) is 6.17. The van der Waals surface area contributed by atoms with Gasteiger partial charge < -0.3 is 19.2 Å². The van der Waals surface area contributed by atoms with Crippen molar-refractivity contribution in [2.75, 3.05) is 13.2 Å². The molecule has 0 saturated heterocycles. The van der Waals surface area contributed by atoms with Crippen molar-refractivity contribution in [3.63, 3.8) is 0 Å². The lowest BCUT2D eigenvalue weighted by molar-refractivity contribution is 0.147. The molecular formula is C31H37N5O4. The van der Waals surface area contributed by atoms with Gasteiger partial charge in [-0.05, 0) is 61.9 Å². The molecule has 0 bridgehead atoms. The molecule has 0 atom stereocenters. The molecule has 0 aliphatic heterocycles. The molecular weight excluding hydrogens is 506 g/mol. The van der Waals surface area contributed by atoms with E-state index in [-0.39, 0.29) is 6.09 Å². The van der Waals surface area contributed by atoms with Crippen molar-refractivity contribution in [1.29, 1.82) is 0 Å². The quantitative estimate of drug-likeness (QED) is 0.183. The SMILES string of the molecule is CCCNC(=O)OCCc1cn(CCCCc2ccc(OCc3coc(/C=C/c4ccc(C)cc4)n3)cc2)nn1. The van der Waals surface area contributed by atoms with Crippen LogP contribution in [0, 0.1) is 6.92 Å². The van der Waals surface area contributed by atoms with Gasteiger partial charge in [-0.15, -0.1) is 5.10 Å². The van der Waals surface area contributed by atoms with E-state index >= 15 is 0 Å². The number of amides is 1. The Bertz CT molecular complexity index is 1340. The normalized spacial score (nSPS) is 11.2. The predicted molar refractivity (Wildman–Crippen MR) is 154 cm³/mol. The lowest BCUT2D eigenvalue weighted by atomic mass is 10.1. The zero-order valence-electron chi connectivity index (χ0n) is 23.2. The topological polar surface area (TPSA) is 104 Å². The lowest BCUT2D eigenvalue weighted by Gasteiger charge is -2.06. The standard InChI is InChI=1S/C31H37N5O4/c1-3-18-32-31(37)38-20-17-27-21-36(35-34-27)19-5-4-6-25-11-14-29(15-12-25)39-22-28-23-40-30(33-28)16-13-26-9-7-24(2)8-10-26/h7-16,21,23H,3-6,17-20,22H2,1-2H3,(H,32,37)/b16-13+. The molecule has 4 aromatic rings. The molecule has 2 heterocycles. The van der Waals surface area contributed by atoms with Gasteiger partial charge in [-0.3, -0.25) is 4.68 Å². The molecule has 1 amide bonds. The number of nitrogens with zero attached hydrogens (tertiary/aromatic N) is 4. The van der Waals surface area contributed by atoms with Crippen molar-refractivity contribution < 1.29 is 18.7 Å². The first kappa shape index (κ1) is 28.6. The summed E-state index contributed by atoms with van der Waals surface area (Å²) in [4.78, 5) is 15.9. The Kier molecular flexibility index (Phi) is 10.9. The number of aromatic nitrogens is 4. The first-order valence-electron chi connectivity index (χ1n) is 13.8. The number of hydrogen-bond donors (Lipinski definition) is 1. The van der Waals surface area contributed by atoms with Crippen LogP contribution in [-0.4, -0.2) is 39.2 Å². The van der Waals surface area contributed by atoms with Gasteiger partial charge in [-0.25, -0.2) is 9.78 Å². The molecule has 2 aromatic heterocycles. The molecule has 9 nitrogen and oxygen atoms in total. The van der Waals surface area contributed by atoms with E-state index in [1.165, 1.54) is 11.1 Å². The fourth-order valence-corrected chi connectivity index (χ4v) is 3.91. The van der Waals surface area contributed by atoms with Gasteiger partial charge in [0.05, 0.1) is 12.3 Å². The molecule has 0 aliphatic carbocycles. The van der Waals surface area contributed by atoms with Crippen LogP contribution in [0.15, 0.2) is 65.4 Å². The van der Waals surface area contributed by atoms with Crippen LogP contribution in [0.3, 0.4) is 0 Å². The third-order valence-corrected chi connectivity index (χ3v) is 6.17. The van der Waals surface area contributed by atoms with Crippen LogP contribution >= 0.6 is 0 Å². The molecule has 0 fully saturated rings. The molecule has 0 unspecified atom stereocenters. The summed E-state index contributed by atoms with van der Waals surface area (Å²) in [6.45, 7) is 6.11. The Morgan fingerprint density at radius 2 is 1.85 bits per heavy atom. The van der Waals surface area contributed by atoms with Crippen LogP contribution in [0.5, 0.6) is 5.75 Å². The molecule has 0 saturated carbocycles. The number of oxazole rings is 1. The fourth-order valence-electron chi connectivity index (χ4n) is 3.91. The molecule has 4 rings (SSSR count). The van der Waals surface area contributed by atoms with E-state index in [1.54, 1.807) is 6.26 Å². The molecule has 1 N–H and O–H groups in total. The lowest BCUT2D eigenvalue weighted by Crippen LogP contribution is -2.25. The van der Waals surface area contributed by atoms with Crippen molar-refractivity contribution in [1.82, 2.24) is 25.3 Å². The van der Waals surface area contributed by atoms with Crippen molar-refractivity contribution in [2.45, 2.75) is 59.1 Å². The van der Waals surface area contributed by atoms with Crippen LogP contribution in [0.2, 0.25) is 0 Å². The van der Waals surface area contributed by atoms with E-state index in [2.05, 4.69) is 63.9 Å². The second-order valence-electron chi connectivity index (χ2n) is 9.60. The van der Waals surface area contributed by atoms with Gasteiger partial charge in [0.1, 0.15) is 24.3 Å². The summed E-state index contributed by atoms with van der Waals surface area (Å²) in [5.41, 5.74) is 5.15. The van der Waals surface area contributed by atoms with Crippen LogP contribution in [0.4, 0.5) is 4.79 Å². The largest absolute Gasteiger partial charge is 0.487 e. The number of nitrogens with one attached hydrogen (secondary N) is 1. The Balaban J connectivity index is 1.11. The van der Waals surface area contributed by atoms with Crippen LogP contribution in [0.1, 0.15) is 60.2 Å². The van der Waals surface area contributed by atoms with Gasteiger partial charge in [0, 0.05) is 31.8 Å². The van der Waals surface area contributed by atoms with Crippen LogP contribution in [0.25, 0.3) is 12.2 Å². The Morgan fingerprint density at radius 3 is 2.65 bits per heavy atom. The highest BCUT2D eigenvalue weighted by molar-refractivity contribution is 5.67. The minimum absolute atomic E-state index is 0.291. The minimum atomic E-state index is -0.389.